The van der Waals surface area contributed by atoms with E-state index in [-0.39, 0.29) is 17.2 Å². The maximum Gasteiger partial charge on any atom is 0.262 e. The molecule has 0 aliphatic rings. The number of carbonyl (C=O) groups is 1. The third-order valence-electron chi connectivity index (χ3n) is 4.19. The van der Waals surface area contributed by atoms with Gasteiger partial charge in [0.15, 0.2) is 5.16 Å². The minimum atomic E-state index is -0.0849. The quantitative estimate of drug-likeness (QED) is 0.369. The first kappa shape index (κ1) is 19.2. The highest BCUT2D eigenvalue weighted by molar-refractivity contribution is 7.99. The molecule has 1 amide bonds. The standard InChI is InChI=1S/C21H23N3O2S/c1-2-3-13-22-19(25)15-27-21-23-18-12-8-7-11-17(18)20(26)24(21)14-16-9-5-4-6-10-16/h4-12H,2-3,13-15H2,1H3,(H,22,25). The lowest BCUT2D eigenvalue weighted by Gasteiger charge is -2.13. The number of amides is 1. The molecule has 140 valence electrons. The zero-order valence-corrected chi connectivity index (χ0v) is 16.2. The SMILES string of the molecule is CCCCNC(=O)CSc1nc2ccccc2c(=O)n1Cc1ccccc1. The van der Waals surface area contributed by atoms with Crippen LogP contribution < -0.4 is 10.9 Å². The molecule has 3 aromatic rings. The van der Waals surface area contributed by atoms with Crippen molar-refractivity contribution in [1.29, 1.82) is 0 Å². The third-order valence-corrected chi connectivity index (χ3v) is 5.17. The van der Waals surface area contributed by atoms with Crippen LogP contribution in [0.4, 0.5) is 0 Å². The van der Waals surface area contributed by atoms with Crippen molar-refractivity contribution in [2.24, 2.45) is 0 Å². The van der Waals surface area contributed by atoms with Gasteiger partial charge >= 0.3 is 0 Å². The summed E-state index contributed by atoms with van der Waals surface area (Å²) in [6, 6.07) is 17.1. The van der Waals surface area contributed by atoms with Crippen molar-refractivity contribution in [3.8, 4) is 0 Å². The largest absolute Gasteiger partial charge is 0.355 e. The highest BCUT2D eigenvalue weighted by Gasteiger charge is 2.13. The van der Waals surface area contributed by atoms with E-state index in [1.54, 1.807) is 10.6 Å². The number of para-hydroxylation sites is 1. The van der Waals surface area contributed by atoms with Crippen LogP contribution in [-0.2, 0) is 11.3 Å². The maximum atomic E-state index is 13.0. The summed E-state index contributed by atoms with van der Waals surface area (Å²) >= 11 is 1.30. The fourth-order valence-electron chi connectivity index (χ4n) is 2.75. The number of unbranched alkanes of at least 4 members (excludes halogenated alkanes) is 1. The number of rotatable bonds is 8. The van der Waals surface area contributed by atoms with Crippen LogP contribution in [0.15, 0.2) is 64.5 Å². The molecule has 0 atom stereocenters. The van der Waals surface area contributed by atoms with Gasteiger partial charge in [-0.3, -0.25) is 14.2 Å². The molecular weight excluding hydrogens is 358 g/mol. The van der Waals surface area contributed by atoms with Gasteiger partial charge in [0.2, 0.25) is 5.91 Å². The smallest absolute Gasteiger partial charge is 0.262 e. The van der Waals surface area contributed by atoms with Crippen molar-refractivity contribution < 1.29 is 4.79 Å². The van der Waals surface area contributed by atoms with E-state index in [1.807, 2.05) is 48.5 Å². The molecule has 27 heavy (non-hydrogen) atoms. The molecule has 0 aliphatic carbocycles. The molecule has 2 aromatic carbocycles. The summed E-state index contributed by atoms with van der Waals surface area (Å²) in [5.41, 5.74) is 1.59. The molecule has 1 aromatic heterocycles. The number of nitrogens with zero attached hydrogens (tertiary/aromatic N) is 2. The second-order valence-corrected chi connectivity index (χ2v) is 7.22. The van der Waals surface area contributed by atoms with Crippen LogP contribution in [0.5, 0.6) is 0 Å². The fourth-order valence-corrected chi connectivity index (χ4v) is 3.58. The van der Waals surface area contributed by atoms with Crippen molar-refractivity contribution in [3.05, 3.63) is 70.5 Å². The molecule has 0 saturated heterocycles. The van der Waals surface area contributed by atoms with E-state index in [4.69, 9.17) is 0 Å². The minimum Gasteiger partial charge on any atom is -0.355 e. The number of carbonyl (C=O) groups excluding carboxylic acids is 1. The second-order valence-electron chi connectivity index (χ2n) is 6.28. The summed E-state index contributed by atoms with van der Waals surface area (Å²) < 4.78 is 1.65. The van der Waals surface area contributed by atoms with Crippen LogP contribution in [-0.4, -0.2) is 27.8 Å². The van der Waals surface area contributed by atoms with E-state index >= 15 is 0 Å². The minimum absolute atomic E-state index is 0.0397. The molecule has 0 spiro atoms. The number of aromatic nitrogens is 2. The monoisotopic (exact) mass is 381 g/mol. The Labute approximate surface area is 162 Å². The molecule has 1 heterocycles. The Morgan fingerprint density at radius 1 is 1.11 bits per heavy atom. The van der Waals surface area contributed by atoms with Gasteiger partial charge in [-0.15, -0.1) is 0 Å². The zero-order valence-electron chi connectivity index (χ0n) is 15.4. The van der Waals surface area contributed by atoms with Crippen LogP contribution in [0, 0.1) is 0 Å². The van der Waals surface area contributed by atoms with Gasteiger partial charge < -0.3 is 5.32 Å². The molecule has 1 N–H and O–H groups in total. The van der Waals surface area contributed by atoms with Crippen molar-refractivity contribution in [2.45, 2.75) is 31.5 Å². The van der Waals surface area contributed by atoms with E-state index in [2.05, 4.69) is 17.2 Å². The van der Waals surface area contributed by atoms with Gasteiger partial charge in [-0.1, -0.05) is 67.6 Å². The Morgan fingerprint density at radius 2 is 1.85 bits per heavy atom. The maximum absolute atomic E-state index is 13.0. The summed E-state index contributed by atoms with van der Waals surface area (Å²) in [5, 5.41) is 4.05. The van der Waals surface area contributed by atoms with Crippen LogP contribution in [0.3, 0.4) is 0 Å². The predicted octanol–water partition coefficient (Wildman–Crippen LogP) is 3.45. The van der Waals surface area contributed by atoms with Gasteiger partial charge in [-0.2, -0.15) is 0 Å². The Hall–Kier alpha value is -2.60. The van der Waals surface area contributed by atoms with Gasteiger partial charge in [0, 0.05) is 6.54 Å². The fraction of sp³-hybridized carbons (Fsp3) is 0.286. The molecule has 0 bridgehead atoms. The molecule has 3 rings (SSSR count). The first-order valence-corrected chi connectivity index (χ1v) is 10.1. The van der Waals surface area contributed by atoms with E-state index in [0.29, 0.717) is 29.1 Å². The van der Waals surface area contributed by atoms with Gasteiger partial charge in [0.05, 0.1) is 23.2 Å². The molecular formula is C21H23N3O2S. The second kappa shape index (κ2) is 9.37. The Kier molecular flexibility index (Phi) is 6.65. The molecule has 0 saturated carbocycles. The number of fused-ring (bicyclic) bond motifs is 1. The van der Waals surface area contributed by atoms with E-state index < -0.39 is 0 Å². The average Bonchev–Trinajstić information content (AvgIpc) is 2.70. The lowest BCUT2D eigenvalue weighted by atomic mass is 10.2. The summed E-state index contributed by atoms with van der Waals surface area (Å²) in [4.78, 5) is 29.7. The van der Waals surface area contributed by atoms with Crippen molar-refractivity contribution in [1.82, 2.24) is 14.9 Å². The summed E-state index contributed by atoms with van der Waals surface area (Å²) in [6.45, 7) is 3.19. The Balaban J connectivity index is 1.88. The van der Waals surface area contributed by atoms with E-state index in [1.165, 1.54) is 11.8 Å². The van der Waals surface area contributed by atoms with E-state index in [0.717, 1.165) is 18.4 Å². The number of thioether (sulfide) groups is 1. The molecule has 0 fully saturated rings. The molecule has 5 nitrogen and oxygen atoms in total. The lowest BCUT2D eigenvalue weighted by molar-refractivity contribution is -0.118. The molecule has 6 heteroatoms. The van der Waals surface area contributed by atoms with Crippen LogP contribution in [0.25, 0.3) is 10.9 Å². The summed E-state index contributed by atoms with van der Waals surface area (Å²) in [7, 11) is 0. The van der Waals surface area contributed by atoms with Gasteiger partial charge in [0.1, 0.15) is 0 Å². The molecule has 0 unspecified atom stereocenters. The Bertz CT molecular complexity index is 970. The van der Waals surface area contributed by atoms with Gasteiger partial charge in [0.25, 0.3) is 5.56 Å². The topological polar surface area (TPSA) is 64.0 Å². The Morgan fingerprint density at radius 3 is 2.63 bits per heavy atom. The van der Waals surface area contributed by atoms with Gasteiger partial charge in [-0.25, -0.2) is 4.98 Å². The normalized spacial score (nSPS) is 10.9. The summed E-state index contributed by atoms with van der Waals surface area (Å²) in [6.07, 6.45) is 2.00. The summed E-state index contributed by atoms with van der Waals surface area (Å²) in [5.74, 6) is 0.200. The highest BCUT2D eigenvalue weighted by Crippen LogP contribution is 2.18. The zero-order chi connectivity index (χ0) is 19.1. The molecule has 0 aliphatic heterocycles. The first-order chi connectivity index (χ1) is 13.2. The van der Waals surface area contributed by atoms with E-state index in [9.17, 15) is 9.59 Å². The van der Waals surface area contributed by atoms with Crippen LogP contribution in [0.2, 0.25) is 0 Å². The average molecular weight is 382 g/mol. The highest BCUT2D eigenvalue weighted by atomic mass is 32.2. The van der Waals surface area contributed by atoms with Crippen LogP contribution >= 0.6 is 11.8 Å². The third kappa shape index (κ3) is 4.98. The lowest BCUT2D eigenvalue weighted by Crippen LogP contribution is -2.28. The predicted molar refractivity (Wildman–Crippen MR) is 110 cm³/mol. The number of nitrogens with one attached hydrogen (secondary N) is 1. The number of hydrogen-bond acceptors (Lipinski definition) is 4. The first-order valence-electron chi connectivity index (χ1n) is 9.12. The van der Waals surface area contributed by atoms with Crippen molar-refractivity contribution >= 4 is 28.6 Å². The number of benzene rings is 2. The van der Waals surface area contributed by atoms with Crippen LogP contribution in [0.1, 0.15) is 25.3 Å². The molecule has 0 radical (unpaired) electrons. The van der Waals surface area contributed by atoms with Gasteiger partial charge in [-0.05, 0) is 24.1 Å². The van der Waals surface area contributed by atoms with Crippen molar-refractivity contribution in [3.63, 3.8) is 0 Å². The van der Waals surface area contributed by atoms with Crippen molar-refractivity contribution in [2.75, 3.05) is 12.3 Å². The number of hydrogen-bond donors (Lipinski definition) is 1.